The predicted molar refractivity (Wildman–Crippen MR) is 109 cm³/mol. The van der Waals surface area contributed by atoms with Gasteiger partial charge in [0.05, 0.1) is 0 Å². The van der Waals surface area contributed by atoms with Crippen LogP contribution in [0, 0.1) is 5.41 Å². The van der Waals surface area contributed by atoms with Gasteiger partial charge in [-0.15, -0.1) is 0 Å². The molecule has 1 N–H and O–H groups in total. The Bertz CT molecular complexity index is 816. The predicted octanol–water partition coefficient (Wildman–Crippen LogP) is 3.52. The van der Waals surface area contributed by atoms with Crippen LogP contribution < -0.4 is 0 Å². The van der Waals surface area contributed by atoms with Crippen LogP contribution in [0.2, 0.25) is 0 Å². The number of likely N-dealkylation sites (tertiary alicyclic amines) is 2. The van der Waals surface area contributed by atoms with Crippen molar-refractivity contribution < 1.29 is 9.90 Å². The summed E-state index contributed by atoms with van der Waals surface area (Å²) >= 11 is 0. The zero-order valence-electron chi connectivity index (χ0n) is 16.6. The highest BCUT2D eigenvalue weighted by Crippen LogP contribution is 2.45. The van der Waals surface area contributed by atoms with Crippen molar-refractivity contribution in [3.63, 3.8) is 0 Å². The summed E-state index contributed by atoms with van der Waals surface area (Å²) in [5.74, 6) is 0.361. The van der Waals surface area contributed by atoms with Gasteiger partial charge < -0.3 is 14.9 Å². The van der Waals surface area contributed by atoms with E-state index in [2.05, 4.69) is 47.1 Å². The summed E-state index contributed by atoms with van der Waals surface area (Å²) in [7, 11) is 0. The first-order valence-corrected chi connectivity index (χ1v) is 10.3. The maximum Gasteiger partial charge on any atom is 0.276 e. The van der Waals surface area contributed by atoms with E-state index in [-0.39, 0.29) is 22.8 Å². The summed E-state index contributed by atoms with van der Waals surface area (Å²) in [6, 6.07) is 14.0. The molecule has 1 aromatic heterocycles. The second kappa shape index (κ2) is 7.92. The van der Waals surface area contributed by atoms with Crippen molar-refractivity contribution in [1.29, 1.82) is 0 Å². The van der Waals surface area contributed by atoms with Crippen LogP contribution in [0.3, 0.4) is 0 Å². The fourth-order valence-corrected chi connectivity index (χ4v) is 4.95. The molecule has 148 valence electrons. The summed E-state index contributed by atoms with van der Waals surface area (Å²) in [6.07, 6.45) is 4.76. The quantitative estimate of drug-likeness (QED) is 0.887. The number of aromatic nitrogens is 1. The smallest absolute Gasteiger partial charge is 0.276 e. The molecule has 2 saturated heterocycles. The fourth-order valence-electron chi connectivity index (χ4n) is 4.95. The lowest BCUT2D eigenvalue weighted by Crippen LogP contribution is -2.52. The minimum Gasteiger partial charge on any atom is -0.505 e. The normalized spacial score (nSPS) is 22.3. The van der Waals surface area contributed by atoms with Crippen LogP contribution in [-0.4, -0.2) is 58.5 Å². The van der Waals surface area contributed by atoms with E-state index in [0.717, 1.165) is 45.6 Å². The molecule has 1 aromatic carbocycles. The highest BCUT2D eigenvalue weighted by molar-refractivity contribution is 5.94. The molecular weight excluding hydrogens is 350 g/mol. The number of hydrogen-bond acceptors (Lipinski definition) is 4. The Kier molecular flexibility index (Phi) is 5.36. The van der Waals surface area contributed by atoms with Gasteiger partial charge in [-0.3, -0.25) is 4.79 Å². The van der Waals surface area contributed by atoms with Gasteiger partial charge in [0.1, 0.15) is 5.75 Å². The highest BCUT2D eigenvalue weighted by atomic mass is 16.3. The molecule has 0 saturated carbocycles. The molecule has 0 unspecified atom stereocenters. The van der Waals surface area contributed by atoms with Crippen molar-refractivity contribution in [2.75, 3.05) is 32.7 Å². The summed E-state index contributed by atoms with van der Waals surface area (Å²) in [6.45, 7) is 7.00. The number of hydrogen-bond donors (Lipinski definition) is 1. The average Bonchev–Trinajstić information content (AvgIpc) is 2.74. The second-order valence-electron chi connectivity index (χ2n) is 8.30. The van der Waals surface area contributed by atoms with Crippen LogP contribution in [0.15, 0.2) is 48.7 Å². The molecule has 2 aliphatic heterocycles. The first-order valence-electron chi connectivity index (χ1n) is 10.3. The van der Waals surface area contributed by atoms with Crippen molar-refractivity contribution in [2.24, 2.45) is 5.41 Å². The molecule has 2 aliphatic rings. The molecular formula is C23H29N3O2. The van der Waals surface area contributed by atoms with Gasteiger partial charge in [-0.05, 0) is 54.8 Å². The number of carbonyl (C=O) groups is 1. The van der Waals surface area contributed by atoms with Crippen LogP contribution in [-0.2, 0) is 0 Å². The van der Waals surface area contributed by atoms with Gasteiger partial charge in [0, 0.05) is 32.4 Å². The molecule has 0 bridgehead atoms. The van der Waals surface area contributed by atoms with E-state index in [9.17, 15) is 9.90 Å². The van der Waals surface area contributed by atoms with E-state index in [0.29, 0.717) is 5.92 Å². The lowest BCUT2D eigenvalue weighted by atomic mass is 9.68. The summed E-state index contributed by atoms with van der Waals surface area (Å²) in [5, 5.41) is 9.96. The Morgan fingerprint density at radius 2 is 1.93 bits per heavy atom. The maximum absolute atomic E-state index is 12.8. The highest BCUT2D eigenvalue weighted by Gasteiger charge is 2.42. The van der Waals surface area contributed by atoms with E-state index in [4.69, 9.17) is 0 Å². The minimum atomic E-state index is -0.157. The van der Waals surface area contributed by atoms with E-state index in [1.165, 1.54) is 18.1 Å². The zero-order valence-corrected chi connectivity index (χ0v) is 16.6. The third kappa shape index (κ3) is 3.76. The molecule has 5 nitrogen and oxygen atoms in total. The molecule has 2 fully saturated rings. The molecule has 0 radical (unpaired) electrons. The average molecular weight is 380 g/mol. The van der Waals surface area contributed by atoms with E-state index in [1.807, 2.05) is 4.90 Å². The third-order valence-corrected chi connectivity index (χ3v) is 6.54. The number of rotatable bonds is 3. The lowest BCUT2D eigenvalue weighted by Gasteiger charge is -2.50. The number of piperidine rings is 2. The van der Waals surface area contributed by atoms with E-state index < -0.39 is 0 Å². The van der Waals surface area contributed by atoms with Gasteiger partial charge in [-0.2, -0.15) is 0 Å². The zero-order chi connectivity index (χ0) is 19.6. The Morgan fingerprint density at radius 3 is 2.61 bits per heavy atom. The van der Waals surface area contributed by atoms with Gasteiger partial charge in [-0.1, -0.05) is 37.3 Å². The Hall–Kier alpha value is -2.40. The molecule has 4 rings (SSSR count). The Balaban J connectivity index is 1.47. The van der Waals surface area contributed by atoms with Gasteiger partial charge >= 0.3 is 0 Å². The maximum atomic E-state index is 12.8. The molecule has 28 heavy (non-hydrogen) atoms. The standard InChI is InChI=1S/C23H29N3O2/c1-2-25-16-19(18-7-4-3-5-8-18)15-23(17-25)10-13-26(14-11-23)22(28)21-20(27)9-6-12-24-21/h3-9,12,19,27H,2,10-11,13-17H2,1H3/t19-/m0/s1. The van der Waals surface area contributed by atoms with Crippen LogP contribution >= 0.6 is 0 Å². The fraction of sp³-hybridized carbons (Fsp3) is 0.478. The number of likely N-dealkylation sites (N-methyl/N-ethyl adjacent to an activating group) is 1. The summed E-state index contributed by atoms with van der Waals surface area (Å²) in [5.41, 5.74) is 1.86. The van der Waals surface area contributed by atoms with Crippen LogP contribution in [0.4, 0.5) is 0 Å². The first kappa shape index (κ1) is 18.9. The molecule has 5 heteroatoms. The van der Waals surface area contributed by atoms with Crippen LogP contribution in [0.25, 0.3) is 0 Å². The second-order valence-corrected chi connectivity index (χ2v) is 8.30. The van der Waals surface area contributed by atoms with Gasteiger partial charge in [0.25, 0.3) is 5.91 Å². The van der Waals surface area contributed by atoms with E-state index in [1.54, 1.807) is 12.3 Å². The van der Waals surface area contributed by atoms with E-state index >= 15 is 0 Å². The summed E-state index contributed by atoms with van der Waals surface area (Å²) < 4.78 is 0. The van der Waals surface area contributed by atoms with Gasteiger partial charge in [0.2, 0.25) is 0 Å². The van der Waals surface area contributed by atoms with Crippen molar-refractivity contribution >= 4 is 5.91 Å². The monoisotopic (exact) mass is 379 g/mol. The number of amides is 1. The Labute approximate surface area is 167 Å². The Morgan fingerprint density at radius 1 is 1.18 bits per heavy atom. The molecule has 1 atom stereocenters. The molecule has 2 aromatic rings. The van der Waals surface area contributed by atoms with Gasteiger partial charge in [-0.25, -0.2) is 4.98 Å². The van der Waals surface area contributed by atoms with Crippen molar-refractivity contribution in [1.82, 2.24) is 14.8 Å². The summed E-state index contributed by atoms with van der Waals surface area (Å²) in [4.78, 5) is 21.3. The number of carbonyl (C=O) groups excluding carboxylic acids is 1. The third-order valence-electron chi connectivity index (χ3n) is 6.54. The SMILES string of the molecule is CCN1C[C@@H](c2ccccc2)CC2(CCN(C(=O)c3ncccc3O)CC2)C1. The van der Waals surface area contributed by atoms with Crippen LogP contribution in [0.5, 0.6) is 5.75 Å². The molecule has 0 aliphatic carbocycles. The number of benzene rings is 1. The minimum absolute atomic E-state index is 0.0354. The van der Waals surface area contributed by atoms with Crippen molar-refractivity contribution in [3.8, 4) is 5.75 Å². The largest absolute Gasteiger partial charge is 0.505 e. The number of pyridine rings is 1. The lowest BCUT2D eigenvalue weighted by molar-refractivity contribution is 0.0155. The van der Waals surface area contributed by atoms with Crippen molar-refractivity contribution in [2.45, 2.75) is 32.1 Å². The van der Waals surface area contributed by atoms with Gasteiger partial charge in [0.15, 0.2) is 5.69 Å². The first-order chi connectivity index (χ1) is 13.6. The molecule has 1 spiro atoms. The number of nitrogens with zero attached hydrogens (tertiary/aromatic N) is 3. The molecule has 3 heterocycles. The van der Waals surface area contributed by atoms with Crippen molar-refractivity contribution in [3.05, 3.63) is 59.9 Å². The molecule has 1 amide bonds. The van der Waals surface area contributed by atoms with Crippen LogP contribution in [0.1, 0.15) is 48.2 Å². The topological polar surface area (TPSA) is 56.7 Å². The number of aromatic hydroxyl groups is 1.